The molecule has 0 saturated carbocycles. The van der Waals surface area contributed by atoms with Gasteiger partial charge in [0.15, 0.2) is 0 Å². The SMILES string of the molecule is NCc1ccc(Cl)c(S(=O)(=O)NCCCn2cccn2)c1. The van der Waals surface area contributed by atoms with E-state index in [1.807, 2.05) is 12.3 Å². The molecule has 0 aliphatic rings. The van der Waals surface area contributed by atoms with Crippen molar-refractivity contribution in [2.45, 2.75) is 24.4 Å². The van der Waals surface area contributed by atoms with Gasteiger partial charge in [-0.1, -0.05) is 17.7 Å². The predicted molar refractivity (Wildman–Crippen MR) is 81.4 cm³/mol. The molecule has 0 aliphatic carbocycles. The van der Waals surface area contributed by atoms with Gasteiger partial charge < -0.3 is 5.73 Å². The van der Waals surface area contributed by atoms with Gasteiger partial charge in [0, 0.05) is 32.0 Å². The Kier molecular flexibility index (Phi) is 5.35. The molecule has 0 saturated heterocycles. The summed E-state index contributed by atoms with van der Waals surface area (Å²) >= 11 is 5.96. The standard InChI is InChI=1S/C13H17ClN4O2S/c14-12-4-3-11(10-15)9-13(12)21(19,20)17-6-2-8-18-7-1-5-16-18/h1,3-5,7,9,17H,2,6,8,10,15H2. The van der Waals surface area contributed by atoms with Crippen molar-refractivity contribution in [3.63, 3.8) is 0 Å². The van der Waals surface area contributed by atoms with E-state index in [2.05, 4.69) is 9.82 Å². The Morgan fingerprint density at radius 3 is 2.86 bits per heavy atom. The van der Waals surface area contributed by atoms with Crippen molar-refractivity contribution < 1.29 is 8.42 Å². The number of nitrogens with two attached hydrogens (primary N) is 1. The number of halogens is 1. The van der Waals surface area contributed by atoms with Crippen molar-refractivity contribution in [2.75, 3.05) is 6.54 Å². The highest BCUT2D eigenvalue weighted by Crippen LogP contribution is 2.22. The number of sulfonamides is 1. The molecule has 21 heavy (non-hydrogen) atoms. The minimum absolute atomic E-state index is 0.0613. The van der Waals surface area contributed by atoms with Gasteiger partial charge in [0.05, 0.1) is 5.02 Å². The van der Waals surface area contributed by atoms with E-state index < -0.39 is 10.0 Å². The molecule has 2 rings (SSSR count). The second-order valence-corrected chi connectivity index (χ2v) is 6.63. The van der Waals surface area contributed by atoms with Crippen LogP contribution in [0.4, 0.5) is 0 Å². The normalized spacial score (nSPS) is 11.7. The van der Waals surface area contributed by atoms with Crippen LogP contribution >= 0.6 is 11.6 Å². The van der Waals surface area contributed by atoms with Gasteiger partial charge in [0.2, 0.25) is 10.0 Å². The summed E-state index contributed by atoms with van der Waals surface area (Å²) in [5.41, 5.74) is 6.24. The molecular weight excluding hydrogens is 312 g/mol. The Morgan fingerprint density at radius 2 is 2.19 bits per heavy atom. The zero-order valence-corrected chi connectivity index (χ0v) is 12.9. The minimum Gasteiger partial charge on any atom is -0.326 e. The summed E-state index contributed by atoms with van der Waals surface area (Å²) in [6.07, 6.45) is 4.15. The number of nitrogens with one attached hydrogen (secondary N) is 1. The second kappa shape index (κ2) is 7.04. The average molecular weight is 329 g/mol. The molecule has 0 spiro atoms. The van der Waals surface area contributed by atoms with E-state index in [1.54, 1.807) is 23.0 Å². The van der Waals surface area contributed by atoms with Crippen LogP contribution in [0.1, 0.15) is 12.0 Å². The number of aryl methyl sites for hydroxylation is 1. The lowest BCUT2D eigenvalue weighted by Crippen LogP contribution is -2.26. The van der Waals surface area contributed by atoms with Crippen molar-refractivity contribution in [3.8, 4) is 0 Å². The van der Waals surface area contributed by atoms with Gasteiger partial charge in [-0.15, -0.1) is 0 Å². The first-order chi connectivity index (χ1) is 10.0. The Morgan fingerprint density at radius 1 is 1.38 bits per heavy atom. The number of hydrogen-bond acceptors (Lipinski definition) is 4. The summed E-state index contributed by atoms with van der Waals surface area (Å²) in [6, 6.07) is 6.57. The van der Waals surface area contributed by atoms with E-state index in [0.717, 1.165) is 5.56 Å². The van der Waals surface area contributed by atoms with Crippen LogP contribution in [0.3, 0.4) is 0 Å². The topological polar surface area (TPSA) is 90.0 Å². The summed E-state index contributed by atoms with van der Waals surface area (Å²) < 4.78 is 28.7. The zero-order valence-electron chi connectivity index (χ0n) is 11.4. The van der Waals surface area contributed by atoms with Crippen molar-refractivity contribution >= 4 is 21.6 Å². The van der Waals surface area contributed by atoms with Crippen LogP contribution in [-0.4, -0.2) is 24.7 Å². The molecule has 0 amide bonds. The molecule has 8 heteroatoms. The summed E-state index contributed by atoms with van der Waals surface area (Å²) in [4.78, 5) is 0.0613. The van der Waals surface area contributed by atoms with Crippen molar-refractivity contribution in [3.05, 3.63) is 47.2 Å². The first kappa shape index (κ1) is 16.0. The third-order valence-electron chi connectivity index (χ3n) is 2.94. The molecule has 3 N–H and O–H groups in total. The van der Waals surface area contributed by atoms with E-state index in [-0.39, 0.29) is 16.5 Å². The first-order valence-corrected chi connectivity index (χ1v) is 8.34. The second-order valence-electron chi connectivity index (χ2n) is 4.49. The maximum Gasteiger partial charge on any atom is 0.242 e. The van der Waals surface area contributed by atoms with E-state index in [4.69, 9.17) is 17.3 Å². The lowest BCUT2D eigenvalue weighted by Gasteiger charge is -2.09. The predicted octanol–water partition coefficient (Wildman–Crippen LogP) is 1.36. The first-order valence-electron chi connectivity index (χ1n) is 6.48. The monoisotopic (exact) mass is 328 g/mol. The van der Waals surface area contributed by atoms with Crippen LogP contribution in [0.15, 0.2) is 41.6 Å². The molecule has 0 radical (unpaired) electrons. The molecule has 0 unspecified atom stereocenters. The van der Waals surface area contributed by atoms with Gasteiger partial charge in [0.1, 0.15) is 4.90 Å². The molecule has 0 atom stereocenters. The molecule has 0 bridgehead atoms. The Bertz CT molecular complexity index is 686. The maximum absolute atomic E-state index is 12.2. The number of nitrogens with zero attached hydrogens (tertiary/aromatic N) is 2. The van der Waals surface area contributed by atoms with Gasteiger partial charge in [-0.25, -0.2) is 13.1 Å². The Labute approximate surface area is 129 Å². The molecule has 1 aromatic heterocycles. The quantitative estimate of drug-likeness (QED) is 0.751. The van der Waals surface area contributed by atoms with Crippen molar-refractivity contribution in [1.29, 1.82) is 0 Å². The zero-order chi connectivity index (χ0) is 15.3. The van der Waals surface area contributed by atoms with Crippen molar-refractivity contribution in [1.82, 2.24) is 14.5 Å². The minimum atomic E-state index is -3.63. The molecule has 6 nitrogen and oxygen atoms in total. The van der Waals surface area contributed by atoms with E-state index in [9.17, 15) is 8.42 Å². The lowest BCUT2D eigenvalue weighted by molar-refractivity contribution is 0.553. The molecule has 114 valence electrons. The maximum atomic E-state index is 12.2. The summed E-state index contributed by atoms with van der Waals surface area (Å²) in [5, 5.41) is 4.24. The average Bonchev–Trinajstić information content (AvgIpc) is 2.97. The smallest absolute Gasteiger partial charge is 0.242 e. The van der Waals surface area contributed by atoms with Crippen LogP contribution in [0.5, 0.6) is 0 Å². The molecule has 2 aromatic rings. The van der Waals surface area contributed by atoms with E-state index in [1.165, 1.54) is 6.07 Å². The van der Waals surface area contributed by atoms with Crippen LogP contribution in [-0.2, 0) is 23.1 Å². The summed E-state index contributed by atoms with van der Waals surface area (Å²) in [5.74, 6) is 0. The fraction of sp³-hybridized carbons (Fsp3) is 0.308. The largest absolute Gasteiger partial charge is 0.326 e. The Balaban J connectivity index is 1.98. The van der Waals surface area contributed by atoms with Crippen LogP contribution in [0.25, 0.3) is 0 Å². The van der Waals surface area contributed by atoms with Crippen LogP contribution < -0.4 is 10.5 Å². The summed E-state index contributed by atoms with van der Waals surface area (Å²) in [6.45, 7) is 1.22. The summed E-state index contributed by atoms with van der Waals surface area (Å²) in [7, 11) is -3.63. The van der Waals surface area contributed by atoms with E-state index in [0.29, 0.717) is 19.5 Å². The highest BCUT2D eigenvalue weighted by Gasteiger charge is 2.17. The van der Waals surface area contributed by atoms with E-state index >= 15 is 0 Å². The molecule has 1 aromatic carbocycles. The van der Waals surface area contributed by atoms with Gasteiger partial charge in [-0.2, -0.15) is 5.10 Å². The van der Waals surface area contributed by atoms with Crippen LogP contribution in [0, 0.1) is 0 Å². The van der Waals surface area contributed by atoms with Gasteiger partial charge in [0.25, 0.3) is 0 Å². The third-order valence-corrected chi connectivity index (χ3v) is 4.88. The number of rotatable bonds is 7. The number of hydrogen-bond donors (Lipinski definition) is 2. The molecule has 0 aliphatic heterocycles. The number of benzene rings is 1. The fourth-order valence-electron chi connectivity index (χ4n) is 1.84. The molecule has 1 heterocycles. The fourth-order valence-corrected chi connectivity index (χ4v) is 3.46. The molecule has 0 fully saturated rings. The highest BCUT2D eigenvalue weighted by molar-refractivity contribution is 7.89. The number of aromatic nitrogens is 2. The van der Waals surface area contributed by atoms with Gasteiger partial charge in [-0.05, 0) is 30.2 Å². The lowest BCUT2D eigenvalue weighted by atomic mass is 10.2. The highest BCUT2D eigenvalue weighted by atomic mass is 35.5. The van der Waals surface area contributed by atoms with Gasteiger partial charge in [-0.3, -0.25) is 4.68 Å². The van der Waals surface area contributed by atoms with Gasteiger partial charge >= 0.3 is 0 Å². The third kappa shape index (κ3) is 4.28. The molecular formula is C13H17ClN4O2S. The van der Waals surface area contributed by atoms with Crippen LogP contribution in [0.2, 0.25) is 5.02 Å². The Hall–Kier alpha value is -1.41. The van der Waals surface area contributed by atoms with Crippen molar-refractivity contribution in [2.24, 2.45) is 5.73 Å².